The second kappa shape index (κ2) is 20.8. The largest absolute Gasteiger partial charge is 0.494 e. The molecule has 1 aliphatic rings. The molecule has 40 heavy (non-hydrogen) atoms. The van der Waals surface area contributed by atoms with Crippen molar-refractivity contribution in [3.63, 3.8) is 0 Å². The Hall–Kier alpha value is -2.02. The summed E-state index contributed by atoms with van der Waals surface area (Å²) < 4.78 is 11.6. The molecule has 4 nitrogen and oxygen atoms in total. The van der Waals surface area contributed by atoms with Crippen LogP contribution in [0, 0.1) is 28.6 Å². The van der Waals surface area contributed by atoms with Crippen molar-refractivity contribution in [2.45, 2.75) is 156 Å². The molecule has 0 aromatic heterocycles. The Labute approximate surface area is 246 Å². The lowest BCUT2D eigenvalue weighted by atomic mass is 9.72. The molecular weight excluding hydrogens is 494 g/mol. The van der Waals surface area contributed by atoms with E-state index in [0.717, 1.165) is 30.9 Å². The third kappa shape index (κ3) is 14.0. The van der Waals surface area contributed by atoms with Gasteiger partial charge in [0.05, 0.1) is 12.7 Å². The zero-order chi connectivity index (χ0) is 28.9. The highest BCUT2D eigenvalue weighted by Gasteiger charge is 2.39. The summed E-state index contributed by atoms with van der Waals surface area (Å²) in [6, 6.07) is 9.54. The molecule has 0 N–H and O–H groups in total. The third-order valence-electron chi connectivity index (χ3n) is 8.88. The van der Waals surface area contributed by atoms with E-state index in [0.29, 0.717) is 24.7 Å². The van der Waals surface area contributed by atoms with Gasteiger partial charge in [-0.05, 0) is 55.9 Å². The molecule has 0 spiro atoms. The number of carbonyl (C=O) groups excluding carboxylic acids is 1. The first kappa shape index (κ1) is 34.2. The maximum Gasteiger partial charge on any atom is 0.331 e. The van der Waals surface area contributed by atoms with Crippen molar-refractivity contribution >= 4 is 5.97 Å². The van der Waals surface area contributed by atoms with Crippen LogP contribution < -0.4 is 9.47 Å². The number of esters is 1. The maximum atomic E-state index is 13.0. The van der Waals surface area contributed by atoms with E-state index in [1.165, 1.54) is 109 Å². The smallest absolute Gasteiger partial charge is 0.331 e. The van der Waals surface area contributed by atoms with Crippen LogP contribution in [-0.4, -0.2) is 12.6 Å². The molecule has 226 valence electrons. The number of benzene rings is 1. The van der Waals surface area contributed by atoms with Crippen molar-refractivity contribution in [3.05, 3.63) is 24.3 Å². The number of nitrogens with zero attached hydrogens (tertiary/aromatic N) is 1. The van der Waals surface area contributed by atoms with E-state index in [1.54, 1.807) is 19.1 Å². The normalized spacial score (nSPS) is 18.6. The average Bonchev–Trinajstić information content (AvgIpc) is 2.97. The zero-order valence-electron chi connectivity index (χ0n) is 26.2. The van der Waals surface area contributed by atoms with Gasteiger partial charge >= 0.3 is 5.97 Å². The standard InChI is InChI=1S/C36H59NO3/c1-4-6-8-10-11-12-13-14-16-18-28-39-33-24-26-34(27-25-33)40-35(38)36(3,30-37)29-32-22-20-31(21-23-32)19-17-15-9-7-5-2/h24-27,31-32H,4-23,28-29H2,1-3H3. The molecule has 0 bridgehead atoms. The van der Waals surface area contributed by atoms with Gasteiger partial charge in [0, 0.05) is 0 Å². The number of carbonyl (C=O) groups is 1. The molecule has 1 fully saturated rings. The van der Waals surface area contributed by atoms with Crippen LogP contribution in [0.15, 0.2) is 24.3 Å². The summed E-state index contributed by atoms with van der Waals surface area (Å²) >= 11 is 0. The first-order valence-corrected chi connectivity index (χ1v) is 16.9. The maximum absolute atomic E-state index is 13.0. The van der Waals surface area contributed by atoms with Gasteiger partial charge in [-0.25, -0.2) is 4.79 Å². The minimum atomic E-state index is -1.11. The van der Waals surface area contributed by atoms with Gasteiger partial charge in [0.25, 0.3) is 0 Å². The van der Waals surface area contributed by atoms with E-state index in [4.69, 9.17) is 9.47 Å². The fourth-order valence-corrected chi connectivity index (χ4v) is 6.12. The molecule has 0 saturated heterocycles. The quantitative estimate of drug-likeness (QED) is 0.0814. The molecule has 1 aromatic carbocycles. The second-order valence-electron chi connectivity index (χ2n) is 12.6. The Kier molecular flexibility index (Phi) is 17.8. The van der Waals surface area contributed by atoms with Crippen molar-refractivity contribution in [2.24, 2.45) is 17.3 Å². The summed E-state index contributed by atoms with van der Waals surface area (Å²) in [5, 5.41) is 9.91. The molecule has 0 radical (unpaired) electrons. The van der Waals surface area contributed by atoms with Crippen molar-refractivity contribution in [1.29, 1.82) is 5.26 Å². The highest BCUT2D eigenvalue weighted by Crippen LogP contribution is 2.39. The van der Waals surface area contributed by atoms with Crippen LogP contribution in [-0.2, 0) is 4.79 Å². The van der Waals surface area contributed by atoms with Crippen LogP contribution in [0.2, 0.25) is 0 Å². The molecule has 2 rings (SSSR count). The Morgan fingerprint density at radius 2 is 1.23 bits per heavy atom. The van der Waals surface area contributed by atoms with Crippen LogP contribution >= 0.6 is 0 Å². The van der Waals surface area contributed by atoms with Crippen LogP contribution in [0.4, 0.5) is 0 Å². The summed E-state index contributed by atoms with van der Waals surface area (Å²) in [6.07, 6.45) is 26.4. The van der Waals surface area contributed by atoms with Crippen molar-refractivity contribution < 1.29 is 14.3 Å². The minimum Gasteiger partial charge on any atom is -0.494 e. The van der Waals surface area contributed by atoms with E-state index in [2.05, 4.69) is 19.9 Å². The first-order chi connectivity index (χ1) is 19.5. The van der Waals surface area contributed by atoms with E-state index >= 15 is 0 Å². The summed E-state index contributed by atoms with van der Waals surface area (Å²) in [7, 11) is 0. The fourth-order valence-electron chi connectivity index (χ4n) is 6.12. The molecule has 1 aromatic rings. The number of rotatable bonds is 22. The van der Waals surface area contributed by atoms with Crippen molar-refractivity contribution in [3.8, 4) is 17.6 Å². The van der Waals surface area contributed by atoms with Crippen LogP contribution in [0.3, 0.4) is 0 Å². The number of hydrogen-bond donors (Lipinski definition) is 0. The fraction of sp³-hybridized carbons (Fsp3) is 0.778. The first-order valence-electron chi connectivity index (χ1n) is 16.9. The van der Waals surface area contributed by atoms with E-state index < -0.39 is 11.4 Å². The lowest BCUT2D eigenvalue weighted by molar-refractivity contribution is -0.142. The summed E-state index contributed by atoms with van der Waals surface area (Å²) in [6.45, 7) is 6.99. The predicted molar refractivity (Wildman–Crippen MR) is 167 cm³/mol. The number of unbranched alkanes of at least 4 members (excludes halogenated alkanes) is 13. The lowest BCUT2D eigenvalue weighted by Gasteiger charge is -2.32. The minimum absolute atomic E-state index is 0.426. The van der Waals surface area contributed by atoms with E-state index in [-0.39, 0.29) is 0 Å². The predicted octanol–water partition coefficient (Wildman–Crippen LogP) is 11.0. The van der Waals surface area contributed by atoms with Gasteiger partial charge < -0.3 is 9.47 Å². The Bertz CT molecular complexity index is 821. The zero-order valence-corrected chi connectivity index (χ0v) is 26.2. The van der Waals surface area contributed by atoms with Crippen LogP contribution in [0.1, 0.15) is 156 Å². The monoisotopic (exact) mass is 553 g/mol. The summed E-state index contributed by atoms with van der Waals surface area (Å²) in [5.74, 6) is 2.08. The molecule has 0 heterocycles. The van der Waals surface area contributed by atoms with Gasteiger partial charge in [-0.1, -0.05) is 136 Å². The van der Waals surface area contributed by atoms with Crippen LogP contribution in [0.5, 0.6) is 11.5 Å². The summed E-state index contributed by atoms with van der Waals surface area (Å²) in [4.78, 5) is 13.0. The van der Waals surface area contributed by atoms with E-state index in [1.807, 2.05) is 12.1 Å². The molecule has 1 saturated carbocycles. The second-order valence-corrected chi connectivity index (χ2v) is 12.6. The number of ether oxygens (including phenoxy) is 2. The SMILES string of the molecule is CCCCCCCCCCCCOc1ccc(OC(=O)C(C)(C#N)CC2CCC(CCCCCCC)CC2)cc1. The molecule has 1 unspecified atom stereocenters. The Morgan fingerprint density at radius 3 is 1.77 bits per heavy atom. The van der Waals surface area contributed by atoms with Gasteiger partial charge in [0.15, 0.2) is 5.41 Å². The average molecular weight is 554 g/mol. The topological polar surface area (TPSA) is 59.3 Å². The van der Waals surface area contributed by atoms with Crippen molar-refractivity contribution in [2.75, 3.05) is 6.61 Å². The van der Waals surface area contributed by atoms with Gasteiger partial charge in [0.2, 0.25) is 0 Å². The molecule has 4 heteroatoms. The highest BCUT2D eigenvalue weighted by atomic mass is 16.5. The number of nitriles is 1. The van der Waals surface area contributed by atoms with Gasteiger partial charge in [0.1, 0.15) is 11.5 Å². The van der Waals surface area contributed by atoms with Gasteiger partial charge in [-0.3, -0.25) is 0 Å². The molecule has 0 aliphatic heterocycles. The Morgan fingerprint density at radius 1 is 0.750 bits per heavy atom. The highest BCUT2D eigenvalue weighted by molar-refractivity contribution is 5.81. The number of hydrogen-bond acceptors (Lipinski definition) is 4. The van der Waals surface area contributed by atoms with Crippen molar-refractivity contribution in [1.82, 2.24) is 0 Å². The van der Waals surface area contributed by atoms with Gasteiger partial charge in [-0.2, -0.15) is 5.26 Å². The molecular formula is C36H59NO3. The van der Waals surface area contributed by atoms with E-state index in [9.17, 15) is 10.1 Å². The van der Waals surface area contributed by atoms with Gasteiger partial charge in [-0.15, -0.1) is 0 Å². The molecule has 0 amide bonds. The third-order valence-corrected chi connectivity index (χ3v) is 8.88. The Balaban J connectivity index is 1.63. The lowest BCUT2D eigenvalue weighted by Crippen LogP contribution is -2.33. The summed E-state index contributed by atoms with van der Waals surface area (Å²) in [5.41, 5.74) is -1.11. The van der Waals surface area contributed by atoms with Crippen LogP contribution in [0.25, 0.3) is 0 Å². The molecule has 1 aliphatic carbocycles. The molecule has 1 atom stereocenters.